The number of hydrogen-bond donors (Lipinski definition) is 3. The molecule has 3 N–H and O–H groups in total. The second-order valence-electron chi connectivity index (χ2n) is 8.98. The molecule has 0 spiro atoms. The summed E-state index contributed by atoms with van der Waals surface area (Å²) in [7, 11) is -3.85. The summed E-state index contributed by atoms with van der Waals surface area (Å²) in [4.78, 5) is 25.0. The fourth-order valence-corrected chi connectivity index (χ4v) is 6.54. The summed E-state index contributed by atoms with van der Waals surface area (Å²) in [5.74, 6) is 1.89. The van der Waals surface area contributed by atoms with Crippen LogP contribution >= 0.6 is 23.4 Å². The normalized spacial score (nSPS) is 15.8. The minimum absolute atomic E-state index is 0.0773. The van der Waals surface area contributed by atoms with Crippen LogP contribution in [-0.4, -0.2) is 50.9 Å². The highest BCUT2D eigenvalue weighted by Gasteiger charge is 2.24. The summed E-state index contributed by atoms with van der Waals surface area (Å²) in [6.45, 7) is 4.52. The first-order chi connectivity index (χ1) is 16.1. The summed E-state index contributed by atoms with van der Waals surface area (Å²) in [5.41, 5.74) is 0. The third-order valence-electron chi connectivity index (χ3n) is 5.55. The molecule has 0 aliphatic carbocycles. The molecule has 1 heterocycles. The number of carbonyl (C=O) groups is 2. The summed E-state index contributed by atoms with van der Waals surface area (Å²) >= 11 is 7.75. The lowest BCUT2D eigenvalue weighted by atomic mass is 9.97. The molecule has 1 aliphatic heterocycles. The Bertz CT molecular complexity index is 925. The molecule has 2 rings (SSSR count). The van der Waals surface area contributed by atoms with Gasteiger partial charge in [-0.3, -0.25) is 9.59 Å². The van der Waals surface area contributed by atoms with E-state index in [4.69, 9.17) is 11.6 Å². The van der Waals surface area contributed by atoms with E-state index in [1.165, 1.54) is 0 Å². The maximum Gasteiger partial charge on any atom is 0.242 e. The molecule has 1 unspecified atom stereocenters. The Morgan fingerprint density at radius 1 is 1.18 bits per heavy atom. The van der Waals surface area contributed by atoms with Crippen LogP contribution in [0, 0.1) is 17.7 Å². The van der Waals surface area contributed by atoms with Crippen LogP contribution in [0.5, 0.6) is 0 Å². The number of nitrogens with one attached hydrogen (secondary N) is 3. The predicted molar refractivity (Wildman–Crippen MR) is 135 cm³/mol. The van der Waals surface area contributed by atoms with E-state index >= 15 is 0 Å². The number of amides is 2. The van der Waals surface area contributed by atoms with Gasteiger partial charge in [-0.1, -0.05) is 25.4 Å². The molecule has 34 heavy (non-hydrogen) atoms. The second-order valence-corrected chi connectivity index (χ2v) is 12.3. The van der Waals surface area contributed by atoms with Gasteiger partial charge in [0.15, 0.2) is 0 Å². The Morgan fingerprint density at radius 3 is 2.50 bits per heavy atom. The first kappa shape index (κ1) is 28.9. The Morgan fingerprint density at radius 2 is 1.85 bits per heavy atom. The summed E-state index contributed by atoms with van der Waals surface area (Å²) in [5, 5.41) is 5.57. The zero-order valence-electron chi connectivity index (χ0n) is 19.7. The van der Waals surface area contributed by atoms with Gasteiger partial charge in [-0.2, -0.15) is 11.8 Å². The van der Waals surface area contributed by atoms with Crippen LogP contribution in [0.3, 0.4) is 0 Å². The number of halogens is 2. The summed E-state index contributed by atoms with van der Waals surface area (Å²) in [6, 6.07) is 2.53. The first-order valence-electron chi connectivity index (χ1n) is 11.7. The molecule has 192 valence electrons. The van der Waals surface area contributed by atoms with Crippen molar-refractivity contribution < 1.29 is 22.4 Å². The molecule has 1 saturated heterocycles. The Kier molecular flexibility index (Phi) is 12.1. The van der Waals surface area contributed by atoms with Crippen molar-refractivity contribution in [2.75, 3.05) is 24.6 Å². The van der Waals surface area contributed by atoms with E-state index in [-0.39, 0.29) is 34.2 Å². The van der Waals surface area contributed by atoms with Gasteiger partial charge in [-0.05, 0) is 73.6 Å². The minimum atomic E-state index is -3.85. The van der Waals surface area contributed by atoms with Crippen LogP contribution in [0.4, 0.5) is 4.39 Å². The molecule has 1 fully saturated rings. The van der Waals surface area contributed by atoms with Crippen molar-refractivity contribution in [3.8, 4) is 0 Å². The van der Waals surface area contributed by atoms with Gasteiger partial charge in [0.2, 0.25) is 21.8 Å². The van der Waals surface area contributed by atoms with E-state index in [1.54, 1.807) is 0 Å². The van der Waals surface area contributed by atoms with E-state index in [1.807, 2.05) is 25.6 Å². The third kappa shape index (κ3) is 10.1. The standard InChI is InChI=1S/C23H35ClFN3O4S2/c1-16(2)13-20(28-22(29)14-17-7-11-33-12-8-17)23(30)26-9-3-4-10-27-34(31,32)21-6-5-18(25)15-19(21)24/h5-6,15-17,20,27H,3-4,7-14H2,1-2H3,(H,26,30)(H,28,29). The fourth-order valence-electron chi connectivity index (χ4n) is 3.73. The lowest BCUT2D eigenvalue weighted by Crippen LogP contribution is -2.48. The zero-order chi connectivity index (χ0) is 25.1. The van der Waals surface area contributed by atoms with E-state index < -0.39 is 21.9 Å². The molecule has 0 aromatic heterocycles. The van der Waals surface area contributed by atoms with Gasteiger partial charge in [0, 0.05) is 19.5 Å². The highest BCUT2D eigenvalue weighted by atomic mass is 35.5. The summed E-state index contributed by atoms with van der Waals surface area (Å²) in [6.07, 6.45) is 4.12. The van der Waals surface area contributed by atoms with Gasteiger partial charge < -0.3 is 10.6 Å². The smallest absolute Gasteiger partial charge is 0.242 e. The predicted octanol–water partition coefficient (Wildman–Crippen LogP) is 3.72. The van der Waals surface area contributed by atoms with E-state index in [0.29, 0.717) is 38.1 Å². The van der Waals surface area contributed by atoms with Crippen LogP contribution in [0.15, 0.2) is 23.1 Å². The molecule has 1 aromatic carbocycles. The average Bonchev–Trinajstić information content (AvgIpc) is 2.75. The SMILES string of the molecule is CC(C)CC(NC(=O)CC1CCSCC1)C(=O)NCCCCNS(=O)(=O)c1ccc(F)cc1Cl. The van der Waals surface area contributed by atoms with Crippen molar-refractivity contribution in [2.45, 2.75) is 63.3 Å². The Hall–Kier alpha value is -1.36. The zero-order valence-corrected chi connectivity index (χ0v) is 22.1. The van der Waals surface area contributed by atoms with Gasteiger partial charge >= 0.3 is 0 Å². The molecule has 1 aliphatic rings. The number of hydrogen-bond acceptors (Lipinski definition) is 5. The molecular weight excluding hydrogens is 501 g/mol. The number of thioether (sulfide) groups is 1. The average molecular weight is 536 g/mol. The van der Waals surface area contributed by atoms with Gasteiger partial charge in [0.05, 0.1) is 5.02 Å². The van der Waals surface area contributed by atoms with Crippen molar-refractivity contribution >= 4 is 45.2 Å². The highest BCUT2D eigenvalue weighted by molar-refractivity contribution is 7.99. The van der Waals surface area contributed by atoms with Gasteiger partial charge in [-0.15, -0.1) is 0 Å². The minimum Gasteiger partial charge on any atom is -0.354 e. The Balaban J connectivity index is 1.73. The number of benzene rings is 1. The maximum absolute atomic E-state index is 13.1. The first-order valence-corrected chi connectivity index (χ1v) is 14.7. The van der Waals surface area contributed by atoms with Crippen molar-refractivity contribution in [3.63, 3.8) is 0 Å². The van der Waals surface area contributed by atoms with Crippen molar-refractivity contribution in [2.24, 2.45) is 11.8 Å². The number of sulfonamides is 1. The van der Waals surface area contributed by atoms with Crippen LogP contribution in [0.25, 0.3) is 0 Å². The van der Waals surface area contributed by atoms with Crippen molar-refractivity contribution in [1.82, 2.24) is 15.4 Å². The molecule has 7 nitrogen and oxygen atoms in total. The molecule has 11 heteroatoms. The van der Waals surface area contributed by atoms with Gasteiger partial charge in [0.1, 0.15) is 16.8 Å². The van der Waals surface area contributed by atoms with Crippen LogP contribution in [0.1, 0.15) is 52.4 Å². The van der Waals surface area contributed by atoms with Gasteiger partial charge in [0.25, 0.3) is 0 Å². The molecular formula is C23H35ClFN3O4S2. The molecule has 0 saturated carbocycles. The molecule has 1 atom stereocenters. The largest absolute Gasteiger partial charge is 0.354 e. The van der Waals surface area contributed by atoms with Crippen LogP contribution in [-0.2, 0) is 19.6 Å². The van der Waals surface area contributed by atoms with E-state index in [2.05, 4.69) is 15.4 Å². The fraction of sp³-hybridized carbons (Fsp3) is 0.652. The van der Waals surface area contributed by atoms with Crippen molar-refractivity contribution in [3.05, 3.63) is 29.0 Å². The quantitative estimate of drug-likeness (QED) is 0.334. The van der Waals surface area contributed by atoms with E-state index in [9.17, 15) is 22.4 Å². The number of carbonyl (C=O) groups excluding carboxylic acids is 2. The number of unbranched alkanes of at least 4 members (excludes halogenated alkanes) is 1. The van der Waals surface area contributed by atoms with Gasteiger partial charge in [-0.25, -0.2) is 17.5 Å². The highest BCUT2D eigenvalue weighted by Crippen LogP contribution is 2.25. The maximum atomic E-state index is 13.1. The lowest BCUT2D eigenvalue weighted by molar-refractivity contribution is -0.129. The van der Waals surface area contributed by atoms with Crippen LogP contribution in [0.2, 0.25) is 5.02 Å². The molecule has 0 radical (unpaired) electrons. The molecule has 1 aromatic rings. The summed E-state index contributed by atoms with van der Waals surface area (Å²) < 4.78 is 40.2. The van der Waals surface area contributed by atoms with Crippen LogP contribution < -0.4 is 15.4 Å². The van der Waals surface area contributed by atoms with Crippen molar-refractivity contribution in [1.29, 1.82) is 0 Å². The molecule has 0 bridgehead atoms. The Labute approximate surface area is 211 Å². The topological polar surface area (TPSA) is 104 Å². The van der Waals surface area contributed by atoms with E-state index in [0.717, 1.165) is 42.5 Å². The second kappa shape index (κ2) is 14.3. The third-order valence-corrected chi connectivity index (χ3v) is 8.54. The monoisotopic (exact) mass is 535 g/mol. The number of rotatable bonds is 13. The lowest BCUT2D eigenvalue weighted by Gasteiger charge is -2.24. The molecule has 2 amide bonds.